The summed E-state index contributed by atoms with van der Waals surface area (Å²) in [5.74, 6) is -0.852. The molecular formula is C26H33ClN4O3. The fourth-order valence-corrected chi connectivity index (χ4v) is 4.45. The van der Waals surface area contributed by atoms with E-state index < -0.39 is 6.04 Å². The number of nitrogens with one attached hydrogen (secondary N) is 2. The lowest BCUT2D eigenvalue weighted by atomic mass is 9.95. The first-order valence-corrected chi connectivity index (χ1v) is 11.9. The molecule has 0 unspecified atom stereocenters. The minimum atomic E-state index is -0.672. The molecule has 3 rings (SSSR count). The zero-order chi connectivity index (χ0) is 25.0. The molecule has 1 heterocycles. The lowest BCUT2D eigenvalue weighted by Crippen LogP contribution is -2.63. The Morgan fingerprint density at radius 1 is 0.971 bits per heavy atom. The molecule has 7 nitrogen and oxygen atoms in total. The van der Waals surface area contributed by atoms with E-state index in [2.05, 4.69) is 29.4 Å². The van der Waals surface area contributed by atoms with Gasteiger partial charge >= 0.3 is 0 Å². The summed E-state index contributed by atoms with van der Waals surface area (Å²) in [6.45, 7) is 9.80. The Balaban J connectivity index is 1.73. The number of hydrogen-bond donors (Lipinski definition) is 2. The third-order valence-electron chi connectivity index (χ3n) is 6.19. The third-order valence-corrected chi connectivity index (χ3v) is 6.44. The van der Waals surface area contributed by atoms with Crippen LogP contribution in [0, 0.1) is 5.92 Å². The quantitative estimate of drug-likeness (QED) is 0.656. The number of nitrogens with zero attached hydrogens (tertiary/aromatic N) is 2. The van der Waals surface area contributed by atoms with E-state index in [1.54, 1.807) is 18.2 Å². The van der Waals surface area contributed by atoms with Gasteiger partial charge in [0.2, 0.25) is 5.91 Å². The van der Waals surface area contributed by atoms with E-state index in [9.17, 15) is 14.4 Å². The number of halogens is 1. The van der Waals surface area contributed by atoms with Crippen molar-refractivity contribution in [1.29, 1.82) is 0 Å². The number of carbonyl (C=O) groups is 3. The van der Waals surface area contributed by atoms with E-state index in [4.69, 9.17) is 11.6 Å². The standard InChI is InChI=1S/C26H33ClN4O3/c1-17(2)22(29-24(33)19-8-6-7-18(15-19)23(32)28-5)25(34)30-13-14-31(26(3,4)16-30)21-11-9-20(27)10-12-21/h6-12,15,17,22H,13-14,16H2,1-5H3,(H,28,32)(H,29,33)/t22-/m1/s1. The molecule has 34 heavy (non-hydrogen) atoms. The molecular weight excluding hydrogens is 452 g/mol. The van der Waals surface area contributed by atoms with Crippen molar-refractivity contribution in [2.24, 2.45) is 5.92 Å². The molecule has 2 aromatic rings. The topological polar surface area (TPSA) is 81.8 Å². The number of piperazine rings is 1. The fourth-order valence-electron chi connectivity index (χ4n) is 4.32. The van der Waals surface area contributed by atoms with Crippen LogP contribution in [0.25, 0.3) is 0 Å². The fraction of sp³-hybridized carbons (Fsp3) is 0.423. The van der Waals surface area contributed by atoms with E-state index in [0.717, 1.165) is 5.69 Å². The first-order chi connectivity index (χ1) is 16.0. The first kappa shape index (κ1) is 25.6. The van der Waals surface area contributed by atoms with Crippen molar-refractivity contribution in [3.63, 3.8) is 0 Å². The van der Waals surface area contributed by atoms with Crippen molar-refractivity contribution in [3.8, 4) is 0 Å². The molecule has 1 saturated heterocycles. The highest BCUT2D eigenvalue weighted by atomic mass is 35.5. The summed E-state index contributed by atoms with van der Waals surface area (Å²) in [7, 11) is 1.54. The number of anilines is 1. The van der Waals surface area contributed by atoms with Crippen LogP contribution in [-0.4, -0.2) is 60.9 Å². The molecule has 8 heteroatoms. The largest absolute Gasteiger partial charge is 0.363 e. The van der Waals surface area contributed by atoms with Crippen LogP contribution in [0.1, 0.15) is 48.4 Å². The predicted octanol–water partition coefficient (Wildman–Crippen LogP) is 3.58. The van der Waals surface area contributed by atoms with Crippen LogP contribution < -0.4 is 15.5 Å². The van der Waals surface area contributed by atoms with Gasteiger partial charge in [-0.05, 0) is 62.2 Å². The molecule has 182 valence electrons. The maximum atomic E-state index is 13.5. The second-order valence-corrected chi connectivity index (χ2v) is 9.99. The number of hydrogen-bond acceptors (Lipinski definition) is 4. The lowest BCUT2D eigenvalue weighted by molar-refractivity contribution is -0.135. The molecule has 2 N–H and O–H groups in total. The van der Waals surface area contributed by atoms with Crippen LogP contribution in [-0.2, 0) is 4.79 Å². The van der Waals surface area contributed by atoms with E-state index >= 15 is 0 Å². The van der Waals surface area contributed by atoms with Crippen LogP contribution in [0.5, 0.6) is 0 Å². The highest BCUT2D eigenvalue weighted by molar-refractivity contribution is 6.30. The number of amides is 3. The van der Waals surface area contributed by atoms with E-state index in [0.29, 0.717) is 35.8 Å². The van der Waals surface area contributed by atoms with Crippen LogP contribution in [0.2, 0.25) is 5.02 Å². The summed E-state index contributed by atoms with van der Waals surface area (Å²) in [6.07, 6.45) is 0. The average Bonchev–Trinajstić information content (AvgIpc) is 2.81. The van der Waals surface area contributed by atoms with Gasteiger partial charge in [0.1, 0.15) is 6.04 Å². The van der Waals surface area contributed by atoms with Gasteiger partial charge in [0.15, 0.2) is 0 Å². The second kappa shape index (κ2) is 10.5. The van der Waals surface area contributed by atoms with Gasteiger partial charge in [-0.25, -0.2) is 0 Å². The van der Waals surface area contributed by atoms with Gasteiger partial charge in [-0.2, -0.15) is 0 Å². The first-order valence-electron chi connectivity index (χ1n) is 11.5. The van der Waals surface area contributed by atoms with Gasteiger partial charge in [-0.15, -0.1) is 0 Å². The van der Waals surface area contributed by atoms with E-state index in [1.807, 2.05) is 43.0 Å². The van der Waals surface area contributed by atoms with Crippen LogP contribution in [0.3, 0.4) is 0 Å². The Hall–Kier alpha value is -3.06. The Bertz CT molecular complexity index is 1050. The van der Waals surface area contributed by atoms with Crippen LogP contribution in [0.15, 0.2) is 48.5 Å². The molecule has 0 spiro atoms. The summed E-state index contributed by atoms with van der Waals surface area (Å²) in [4.78, 5) is 42.5. The molecule has 1 atom stereocenters. The summed E-state index contributed by atoms with van der Waals surface area (Å²) >= 11 is 6.04. The van der Waals surface area contributed by atoms with Crippen molar-refractivity contribution in [3.05, 3.63) is 64.7 Å². The van der Waals surface area contributed by atoms with Crippen molar-refractivity contribution in [2.75, 3.05) is 31.6 Å². The maximum Gasteiger partial charge on any atom is 0.251 e. The predicted molar refractivity (Wildman–Crippen MR) is 135 cm³/mol. The van der Waals surface area contributed by atoms with Crippen molar-refractivity contribution >= 4 is 35.0 Å². The molecule has 1 aliphatic rings. The van der Waals surface area contributed by atoms with Crippen molar-refractivity contribution < 1.29 is 14.4 Å². The number of rotatable bonds is 6. The van der Waals surface area contributed by atoms with Crippen LogP contribution >= 0.6 is 11.6 Å². The lowest BCUT2D eigenvalue weighted by Gasteiger charge is -2.49. The maximum absolute atomic E-state index is 13.5. The minimum absolute atomic E-state index is 0.101. The van der Waals surface area contributed by atoms with Gasteiger partial charge in [-0.1, -0.05) is 31.5 Å². The van der Waals surface area contributed by atoms with Gasteiger partial charge in [0.25, 0.3) is 11.8 Å². The van der Waals surface area contributed by atoms with Gasteiger partial charge < -0.3 is 20.4 Å². The van der Waals surface area contributed by atoms with E-state index in [1.165, 1.54) is 13.1 Å². The van der Waals surface area contributed by atoms with Gasteiger partial charge in [0, 0.05) is 48.5 Å². The Labute approximate surface area is 206 Å². The normalized spacial score (nSPS) is 16.2. The Kier molecular flexibility index (Phi) is 7.87. The third kappa shape index (κ3) is 5.70. The SMILES string of the molecule is CNC(=O)c1cccc(C(=O)N[C@@H](C(=O)N2CCN(c3ccc(Cl)cc3)C(C)(C)C2)C(C)C)c1. The molecule has 1 aliphatic heterocycles. The average molecular weight is 485 g/mol. The minimum Gasteiger partial charge on any atom is -0.363 e. The molecule has 2 aromatic carbocycles. The Morgan fingerprint density at radius 2 is 1.59 bits per heavy atom. The van der Waals surface area contributed by atoms with E-state index in [-0.39, 0.29) is 29.2 Å². The van der Waals surface area contributed by atoms with Crippen molar-refractivity contribution in [1.82, 2.24) is 15.5 Å². The monoisotopic (exact) mass is 484 g/mol. The summed E-state index contributed by atoms with van der Waals surface area (Å²) in [5, 5.41) is 6.14. The smallest absolute Gasteiger partial charge is 0.251 e. The highest BCUT2D eigenvalue weighted by Gasteiger charge is 2.38. The molecule has 1 fully saturated rings. The molecule has 0 saturated carbocycles. The van der Waals surface area contributed by atoms with Crippen molar-refractivity contribution in [2.45, 2.75) is 39.3 Å². The highest BCUT2D eigenvalue weighted by Crippen LogP contribution is 2.29. The number of carbonyl (C=O) groups excluding carboxylic acids is 3. The summed E-state index contributed by atoms with van der Waals surface area (Å²) < 4.78 is 0. The molecule has 0 aromatic heterocycles. The Morgan fingerprint density at radius 3 is 2.15 bits per heavy atom. The van der Waals surface area contributed by atoms with Crippen LogP contribution in [0.4, 0.5) is 5.69 Å². The summed E-state index contributed by atoms with van der Waals surface area (Å²) in [5.41, 5.74) is 1.50. The summed E-state index contributed by atoms with van der Waals surface area (Å²) in [6, 6.07) is 13.5. The second-order valence-electron chi connectivity index (χ2n) is 9.56. The molecule has 0 radical (unpaired) electrons. The molecule has 3 amide bonds. The van der Waals surface area contributed by atoms with Gasteiger partial charge in [0.05, 0.1) is 5.54 Å². The zero-order valence-electron chi connectivity index (χ0n) is 20.4. The number of benzene rings is 2. The molecule has 0 aliphatic carbocycles. The van der Waals surface area contributed by atoms with Gasteiger partial charge in [-0.3, -0.25) is 14.4 Å². The molecule has 0 bridgehead atoms. The zero-order valence-corrected chi connectivity index (χ0v) is 21.1.